The molecule has 0 aromatic heterocycles. The Hall–Kier alpha value is -1.10. The van der Waals surface area contributed by atoms with Gasteiger partial charge in [-0.25, -0.2) is 0 Å². The molecule has 0 saturated carbocycles. The molecule has 2 aliphatic heterocycles. The van der Waals surface area contributed by atoms with E-state index in [4.69, 9.17) is 5.11 Å². The highest BCUT2D eigenvalue weighted by atomic mass is 16.4. The Balaban J connectivity index is 2.08. The van der Waals surface area contributed by atoms with E-state index in [2.05, 4.69) is 12.2 Å². The normalized spacial score (nSPS) is 26.2. The number of carbonyl (C=O) groups excluding carboxylic acids is 1. The molecule has 5 heteroatoms. The number of carboxylic acid groups (broad SMARTS) is 1. The van der Waals surface area contributed by atoms with Gasteiger partial charge in [-0.2, -0.15) is 0 Å². The van der Waals surface area contributed by atoms with Gasteiger partial charge in [0, 0.05) is 13.1 Å². The maximum atomic E-state index is 12.9. The van der Waals surface area contributed by atoms with Crippen LogP contribution in [0.4, 0.5) is 0 Å². The first kappa shape index (κ1) is 15.3. The predicted octanol–water partition coefficient (Wildman–Crippen LogP) is 1.48. The van der Waals surface area contributed by atoms with Crippen molar-refractivity contribution in [2.75, 3.05) is 26.2 Å². The zero-order valence-corrected chi connectivity index (χ0v) is 12.4. The molecular formula is C15H26N2O3. The van der Waals surface area contributed by atoms with Crippen LogP contribution >= 0.6 is 0 Å². The number of aliphatic carboxylic acids is 1. The van der Waals surface area contributed by atoms with Gasteiger partial charge in [-0.3, -0.25) is 9.59 Å². The van der Waals surface area contributed by atoms with Crippen LogP contribution in [0, 0.1) is 11.3 Å². The zero-order chi connectivity index (χ0) is 14.6. The summed E-state index contributed by atoms with van der Waals surface area (Å²) < 4.78 is 0. The van der Waals surface area contributed by atoms with E-state index >= 15 is 0 Å². The maximum absolute atomic E-state index is 12.9. The predicted molar refractivity (Wildman–Crippen MR) is 76.4 cm³/mol. The Morgan fingerprint density at radius 3 is 2.65 bits per heavy atom. The van der Waals surface area contributed by atoms with Gasteiger partial charge >= 0.3 is 5.97 Å². The Morgan fingerprint density at radius 1 is 1.35 bits per heavy atom. The smallest absolute Gasteiger partial charge is 0.308 e. The molecule has 2 N–H and O–H groups in total. The molecule has 0 aromatic rings. The van der Waals surface area contributed by atoms with Crippen LogP contribution < -0.4 is 5.32 Å². The van der Waals surface area contributed by atoms with Crippen LogP contribution in [0.25, 0.3) is 0 Å². The van der Waals surface area contributed by atoms with Crippen molar-refractivity contribution in [2.45, 2.75) is 45.4 Å². The summed E-state index contributed by atoms with van der Waals surface area (Å²) in [6.07, 6.45) is 5.19. The van der Waals surface area contributed by atoms with Crippen molar-refractivity contribution < 1.29 is 14.7 Å². The third-order valence-corrected chi connectivity index (χ3v) is 4.80. The van der Waals surface area contributed by atoms with Crippen LogP contribution in [-0.2, 0) is 9.59 Å². The molecule has 0 aliphatic carbocycles. The Kier molecular flexibility index (Phi) is 5.02. The van der Waals surface area contributed by atoms with Gasteiger partial charge in [-0.05, 0) is 45.2 Å². The zero-order valence-electron chi connectivity index (χ0n) is 12.4. The minimum atomic E-state index is -0.766. The van der Waals surface area contributed by atoms with Crippen molar-refractivity contribution in [3.8, 4) is 0 Å². The summed E-state index contributed by atoms with van der Waals surface area (Å²) in [5.41, 5.74) is -0.250. The van der Waals surface area contributed by atoms with Gasteiger partial charge in [-0.15, -0.1) is 0 Å². The number of piperidine rings is 2. The number of nitrogens with one attached hydrogen (secondary N) is 1. The molecule has 2 fully saturated rings. The van der Waals surface area contributed by atoms with Crippen LogP contribution in [0.3, 0.4) is 0 Å². The second-order valence-corrected chi connectivity index (χ2v) is 6.21. The van der Waals surface area contributed by atoms with Crippen LogP contribution in [0.5, 0.6) is 0 Å². The van der Waals surface area contributed by atoms with Gasteiger partial charge in [0.15, 0.2) is 0 Å². The third-order valence-electron chi connectivity index (χ3n) is 4.80. The highest BCUT2D eigenvalue weighted by molar-refractivity contribution is 5.83. The minimum Gasteiger partial charge on any atom is -0.481 e. The van der Waals surface area contributed by atoms with Gasteiger partial charge in [0.1, 0.15) is 0 Å². The first-order valence-electron chi connectivity index (χ1n) is 7.82. The fraction of sp³-hybridized carbons (Fsp3) is 0.867. The van der Waals surface area contributed by atoms with Gasteiger partial charge in [0.05, 0.1) is 11.3 Å². The number of carbonyl (C=O) groups is 2. The van der Waals surface area contributed by atoms with Crippen molar-refractivity contribution in [3.63, 3.8) is 0 Å². The molecule has 2 rings (SSSR count). The number of likely N-dealkylation sites (tertiary alicyclic amines) is 1. The summed E-state index contributed by atoms with van der Waals surface area (Å²) in [7, 11) is 0. The molecule has 0 radical (unpaired) electrons. The number of amides is 1. The quantitative estimate of drug-likeness (QED) is 0.819. The lowest BCUT2D eigenvalue weighted by Gasteiger charge is -2.42. The van der Waals surface area contributed by atoms with Crippen molar-refractivity contribution in [2.24, 2.45) is 11.3 Å². The number of hydrogen-bond donors (Lipinski definition) is 2. The fourth-order valence-corrected chi connectivity index (χ4v) is 3.65. The SMILES string of the molecule is CCCC1(C(=O)N2CCC[C@H](C(=O)O)C2)CCNCC1. The van der Waals surface area contributed by atoms with Gasteiger partial charge in [-0.1, -0.05) is 13.3 Å². The summed E-state index contributed by atoms with van der Waals surface area (Å²) in [5.74, 6) is -0.947. The molecule has 2 heterocycles. The lowest BCUT2D eigenvalue weighted by molar-refractivity contribution is -0.151. The molecule has 0 aromatic carbocycles. The molecule has 20 heavy (non-hydrogen) atoms. The molecule has 5 nitrogen and oxygen atoms in total. The Morgan fingerprint density at radius 2 is 2.05 bits per heavy atom. The van der Waals surface area contributed by atoms with Crippen LogP contribution in [0.2, 0.25) is 0 Å². The van der Waals surface area contributed by atoms with Crippen molar-refractivity contribution >= 4 is 11.9 Å². The van der Waals surface area contributed by atoms with Crippen molar-refractivity contribution in [3.05, 3.63) is 0 Å². The number of rotatable bonds is 4. The molecule has 2 saturated heterocycles. The Labute approximate surface area is 120 Å². The van der Waals surface area contributed by atoms with E-state index < -0.39 is 5.97 Å². The molecule has 0 spiro atoms. The van der Waals surface area contributed by atoms with Crippen LogP contribution in [-0.4, -0.2) is 48.1 Å². The van der Waals surface area contributed by atoms with Gasteiger partial charge in [0.2, 0.25) is 5.91 Å². The van der Waals surface area contributed by atoms with E-state index in [1.807, 2.05) is 4.90 Å². The molecule has 0 unspecified atom stereocenters. The minimum absolute atomic E-state index is 0.201. The van der Waals surface area contributed by atoms with Crippen molar-refractivity contribution in [1.82, 2.24) is 10.2 Å². The molecule has 1 amide bonds. The van der Waals surface area contributed by atoms with E-state index in [9.17, 15) is 9.59 Å². The molecular weight excluding hydrogens is 256 g/mol. The largest absolute Gasteiger partial charge is 0.481 e. The standard InChI is InChI=1S/C15H26N2O3/c1-2-5-15(6-8-16-9-7-15)14(20)17-10-3-4-12(11-17)13(18)19/h12,16H,2-11H2,1H3,(H,18,19)/t12-/m0/s1. The molecule has 0 bridgehead atoms. The summed E-state index contributed by atoms with van der Waals surface area (Å²) in [6.45, 7) is 5.02. The lowest BCUT2D eigenvalue weighted by Crippen LogP contribution is -2.52. The van der Waals surface area contributed by atoms with E-state index in [1.165, 1.54) is 0 Å². The summed E-state index contributed by atoms with van der Waals surface area (Å²) in [6, 6.07) is 0. The number of hydrogen-bond acceptors (Lipinski definition) is 3. The highest BCUT2D eigenvalue weighted by Gasteiger charge is 2.42. The van der Waals surface area contributed by atoms with E-state index in [1.54, 1.807) is 0 Å². The first-order chi connectivity index (χ1) is 9.59. The van der Waals surface area contributed by atoms with E-state index in [0.29, 0.717) is 13.0 Å². The first-order valence-corrected chi connectivity index (χ1v) is 7.82. The molecule has 114 valence electrons. The summed E-state index contributed by atoms with van der Waals surface area (Å²) in [4.78, 5) is 25.9. The lowest BCUT2D eigenvalue weighted by atomic mass is 9.73. The third kappa shape index (κ3) is 3.14. The summed E-state index contributed by atoms with van der Waals surface area (Å²) >= 11 is 0. The average molecular weight is 282 g/mol. The van der Waals surface area contributed by atoms with Gasteiger partial charge in [0.25, 0.3) is 0 Å². The number of nitrogens with zero attached hydrogens (tertiary/aromatic N) is 1. The van der Waals surface area contributed by atoms with Crippen LogP contribution in [0.1, 0.15) is 45.4 Å². The maximum Gasteiger partial charge on any atom is 0.308 e. The van der Waals surface area contributed by atoms with Crippen molar-refractivity contribution in [1.29, 1.82) is 0 Å². The second-order valence-electron chi connectivity index (χ2n) is 6.21. The number of carboxylic acids is 1. The molecule has 1 atom stereocenters. The van der Waals surface area contributed by atoms with Crippen LogP contribution in [0.15, 0.2) is 0 Å². The highest BCUT2D eigenvalue weighted by Crippen LogP contribution is 2.37. The average Bonchev–Trinajstić information content (AvgIpc) is 2.48. The van der Waals surface area contributed by atoms with E-state index in [0.717, 1.165) is 51.7 Å². The molecule has 2 aliphatic rings. The monoisotopic (exact) mass is 282 g/mol. The topological polar surface area (TPSA) is 69.6 Å². The van der Waals surface area contributed by atoms with E-state index in [-0.39, 0.29) is 17.2 Å². The Bertz CT molecular complexity index is 359. The summed E-state index contributed by atoms with van der Waals surface area (Å²) in [5, 5.41) is 12.5. The fourth-order valence-electron chi connectivity index (χ4n) is 3.65. The second kappa shape index (κ2) is 6.57. The van der Waals surface area contributed by atoms with Gasteiger partial charge < -0.3 is 15.3 Å².